The van der Waals surface area contributed by atoms with Crippen molar-refractivity contribution in [2.24, 2.45) is 0 Å². The summed E-state index contributed by atoms with van der Waals surface area (Å²) in [6.07, 6.45) is 0. The highest BCUT2D eigenvalue weighted by Crippen LogP contribution is 2.29. The number of carbonyl (C=O) groups excluding carboxylic acids is 3. The van der Waals surface area contributed by atoms with Crippen LogP contribution in [0.4, 0.5) is 15.8 Å². The van der Waals surface area contributed by atoms with Crippen LogP contribution in [0.2, 0.25) is 5.02 Å². The lowest BCUT2D eigenvalue weighted by Crippen LogP contribution is -2.29. The van der Waals surface area contributed by atoms with Gasteiger partial charge in [-0.2, -0.15) is 0 Å². The number of hydrogen-bond donors (Lipinski definition) is 1. The average Bonchev–Trinajstić information content (AvgIpc) is 3.00. The van der Waals surface area contributed by atoms with E-state index in [1.54, 1.807) is 42.5 Å². The molecule has 0 unspecified atom stereocenters. The summed E-state index contributed by atoms with van der Waals surface area (Å²) in [5.74, 6) is -1.66. The van der Waals surface area contributed by atoms with Gasteiger partial charge in [0.05, 0.1) is 21.8 Å². The molecule has 6 nitrogen and oxygen atoms in total. The maximum absolute atomic E-state index is 13.2. The number of imide groups is 1. The van der Waals surface area contributed by atoms with Crippen LogP contribution in [0.25, 0.3) is 0 Å². The van der Waals surface area contributed by atoms with Crippen LogP contribution in [0, 0.1) is 5.82 Å². The third-order valence-corrected chi connectivity index (χ3v) is 4.73. The van der Waals surface area contributed by atoms with E-state index in [2.05, 4.69) is 5.32 Å². The van der Waals surface area contributed by atoms with Gasteiger partial charge in [0, 0.05) is 11.8 Å². The highest BCUT2D eigenvalue weighted by molar-refractivity contribution is 6.34. The molecular weight excluding hydrogens is 411 g/mol. The molecule has 1 aliphatic heterocycles. The maximum Gasteiger partial charge on any atom is 0.266 e. The van der Waals surface area contributed by atoms with Crippen LogP contribution >= 0.6 is 11.6 Å². The van der Waals surface area contributed by atoms with E-state index in [4.69, 9.17) is 16.3 Å². The van der Waals surface area contributed by atoms with Gasteiger partial charge in [0.2, 0.25) is 0 Å². The first-order valence-electron chi connectivity index (χ1n) is 8.89. The van der Waals surface area contributed by atoms with Gasteiger partial charge < -0.3 is 10.1 Å². The van der Waals surface area contributed by atoms with E-state index < -0.39 is 23.5 Å². The molecule has 0 saturated heterocycles. The Hall–Kier alpha value is -3.71. The van der Waals surface area contributed by atoms with Gasteiger partial charge in [0.1, 0.15) is 11.6 Å². The Morgan fingerprint density at radius 1 is 0.967 bits per heavy atom. The second-order valence-corrected chi connectivity index (χ2v) is 6.86. The van der Waals surface area contributed by atoms with E-state index in [0.29, 0.717) is 22.5 Å². The molecule has 30 heavy (non-hydrogen) atoms. The molecular formula is C22H14ClFN2O4. The summed E-state index contributed by atoms with van der Waals surface area (Å²) in [5.41, 5.74) is 1.40. The summed E-state index contributed by atoms with van der Waals surface area (Å²) in [6.45, 7) is -0.334. The van der Waals surface area contributed by atoms with Crippen molar-refractivity contribution < 1.29 is 23.5 Å². The van der Waals surface area contributed by atoms with Gasteiger partial charge in [-0.05, 0) is 42.5 Å². The fraction of sp³-hybridized carbons (Fsp3) is 0.0455. The van der Waals surface area contributed by atoms with Crippen molar-refractivity contribution in [2.45, 2.75) is 0 Å². The zero-order valence-electron chi connectivity index (χ0n) is 15.4. The minimum absolute atomic E-state index is 0.110. The molecule has 3 aromatic carbocycles. The van der Waals surface area contributed by atoms with E-state index >= 15 is 0 Å². The molecule has 0 fully saturated rings. The number of benzene rings is 3. The van der Waals surface area contributed by atoms with E-state index in [0.717, 1.165) is 11.0 Å². The molecule has 3 aromatic rings. The smallest absolute Gasteiger partial charge is 0.266 e. The van der Waals surface area contributed by atoms with E-state index in [-0.39, 0.29) is 17.4 Å². The number of fused-ring (bicyclic) bond motifs is 1. The molecule has 0 atom stereocenters. The van der Waals surface area contributed by atoms with E-state index in [1.165, 1.54) is 18.2 Å². The normalized spacial score (nSPS) is 12.7. The summed E-state index contributed by atoms with van der Waals surface area (Å²) in [4.78, 5) is 38.5. The maximum atomic E-state index is 13.2. The van der Waals surface area contributed by atoms with Crippen molar-refractivity contribution in [3.63, 3.8) is 0 Å². The van der Waals surface area contributed by atoms with Crippen LogP contribution in [0.3, 0.4) is 0 Å². The standard InChI is InChI=1S/C22H14ClFN2O4/c23-18-11-15(8-9-19(18)24)30-12-20(27)25-13-4-3-5-14(10-13)26-21(28)16-6-1-2-7-17(16)22(26)29/h1-11H,12H2,(H,25,27). The van der Waals surface area contributed by atoms with Crippen LogP contribution in [-0.2, 0) is 4.79 Å². The number of hydrogen-bond acceptors (Lipinski definition) is 4. The molecule has 0 aliphatic carbocycles. The zero-order chi connectivity index (χ0) is 21.3. The van der Waals surface area contributed by atoms with Gasteiger partial charge in [-0.15, -0.1) is 0 Å². The number of nitrogens with one attached hydrogen (secondary N) is 1. The monoisotopic (exact) mass is 424 g/mol. The fourth-order valence-electron chi connectivity index (χ4n) is 3.06. The number of ether oxygens (including phenoxy) is 1. The molecule has 1 N–H and O–H groups in total. The lowest BCUT2D eigenvalue weighted by molar-refractivity contribution is -0.118. The molecule has 3 amide bonds. The summed E-state index contributed by atoms with van der Waals surface area (Å²) in [5, 5.41) is 2.52. The van der Waals surface area contributed by atoms with Crippen LogP contribution in [0.5, 0.6) is 5.75 Å². The van der Waals surface area contributed by atoms with Crippen molar-refractivity contribution >= 4 is 40.7 Å². The van der Waals surface area contributed by atoms with Crippen LogP contribution in [-0.4, -0.2) is 24.3 Å². The van der Waals surface area contributed by atoms with Crippen molar-refractivity contribution in [1.82, 2.24) is 0 Å². The van der Waals surface area contributed by atoms with E-state index in [1.807, 2.05) is 0 Å². The number of anilines is 2. The third kappa shape index (κ3) is 3.75. The minimum Gasteiger partial charge on any atom is -0.484 e. The van der Waals surface area contributed by atoms with Crippen molar-refractivity contribution in [2.75, 3.05) is 16.8 Å². The summed E-state index contributed by atoms with van der Waals surface area (Å²) < 4.78 is 18.5. The molecule has 0 bridgehead atoms. The summed E-state index contributed by atoms with van der Waals surface area (Å²) in [7, 11) is 0. The molecule has 0 spiro atoms. The van der Waals surface area contributed by atoms with Gasteiger partial charge in [0.25, 0.3) is 17.7 Å². The second kappa shape index (κ2) is 7.96. The van der Waals surface area contributed by atoms with Gasteiger partial charge >= 0.3 is 0 Å². The van der Waals surface area contributed by atoms with Crippen molar-refractivity contribution in [3.05, 3.63) is 88.7 Å². The first-order chi connectivity index (χ1) is 14.4. The zero-order valence-corrected chi connectivity index (χ0v) is 16.2. The van der Waals surface area contributed by atoms with Crippen LogP contribution in [0.1, 0.15) is 20.7 Å². The topological polar surface area (TPSA) is 75.7 Å². The van der Waals surface area contributed by atoms with Crippen LogP contribution in [0.15, 0.2) is 66.7 Å². The average molecular weight is 425 g/mol. The molecule has 0 saturated carbocycles. The summed E-state index contributed by atoms with van der Waals surface area (Å²) >= 11 is 5.68. The summed E-state index contributed by atoms with van der Waals surface area (Å²) in [6, 6.07) is 16.7. The first-order valence-corrected chi connectivity index (χ1v) is 9.27. The molecule has 150 valence electrons. The SMILES string of the molecule is O=C(COc1ccc(F)c(Cl)c1)Nc1cccc(N2C(=O)c3ccccc3C2=O)c1. The van der Waals surface area contributed by atoms with Gasteiger partial charge in [-0.25, -0.2) is 9.29 Å². The van der Waals surface area contributed by atoms with Crippen molar-refractivity contribution in [1.29, 1.82) is 0 Å². The van der Waals surface area contributed by atoms with Gasteiger partial charge in [-0.1, -0.05) is 29.8 Å². The predicted molar refractivity (Wildman–Crippen MR) is 110 cm³/mol. The predicted octanol–water partition coefficient (Wildman–Crippen LogP) is 4.30. The first kappa shape index (κ1) is 19.6. The molecule has 4 rings (SSSR count). The largest absolute Gasteiger partial charge is 0.484 e. The Morgan fingerprint density at radius 3 is 2.33 bits per heavy atom. The molecule has 0 radical (unpaired) electrons. The number of rotatable bonds is 5. The van der Waals surface area contributed by atoms with Crippen molar-refractivity contribution in [3.8, 4) is 5.75 Å². The highest BCUT2D eigenvalue weighted by atomic mass is 35.5. The second-order valence-electron chi connectivity index (χ2n) is 6.45. The number of amides is 3. The quantitative estimate of drug-likeness (QED) is 0.620. The van der Waals surface area contributed by atoms with Gasteiger partial charge in [-0.3, -0.25) is 14.4 Å². The molecule has 1 aliphatic rings. The Morgan fingerprint density at radius 2 is 1.67 bits per heavy atom. The Labute approximate surface area is 175 Å². The lowest BCUT2D eigenvalue weighted by atomic mass is 10.1. The minimum atomic E-state index is -0.585. The fourth-order valence-corrected chi connectivity index (χ4v) is 3.23. The highest BCUT2D eigenvalue weighted by Gasteiger charge is 2.36. The number of nitrogens with zero attached hydrogens (tertiary/aromatic N) is 1. The molecule has 0 aromatic heterocycles. The lowest BCUT2D eigenvalue weighted by Gasteiger charge is -2.15. The number of carbonyl (C=O) groups is 3. The van der Waals surface area contributed by atoms with E-state index in [9.17, 15) is 18.8 Å². The molecule has 1 heterocycles. The molecule has 8 heteroatoms. The third-order valence-electron chi connectivity index (χ3n) is 4.44. The Kier molecular flexibility index (Phi) is 5.20. The Bertz CT molecular complexity index is 1150. The Balaban J connectivity index is 1.45. The number of halogens is 2. The van der Waals surface area contributed by atoms with Crippen LogP contribution < -0.4 is 15.0 Å². The van der Waals surface area contributed by atoms with Gasteiger partial charge in [0.15, 0.2) is 6.61 Å².